The number of aromatic nitrogens is 2. The fourth-order valence-electron chi connectivity index (χ4n) is 4.19. The highest BCUT2D eigenvalue weighted by molar-refractivity contribution is 5.80. The number of guanidine groups is 1. The number of aliphatic imine (C=N–C) groups is 1. The lowest BCUT2D eigenvalue weighted by atomic mass is 10.1. The van der Waals surface area contributed by atoms with E-state index in [1.54, 1.807) is 13.2 Å². The van der Waals surface area contributed by atoms with Gasteiger partial charge >= 0.3 is 0 Å². The second kappa shape index (κ2) is 11.3. The number of benzene rings is 2. The summed E-state index contributed by atoms with van der Waals surface area (Å²) in [6.45, 7) is 3.79. The quantitative estimate of drug-likeness (QED) is 0.393. The molecule has 1 fully saturated rings. The SMILES string of the molecule is CN=C(NCc1cccc(Cn2ccnc2)c1)NCC1CC(=O)N(CCc2ccccc2)C1. The summed E-state index contributed by atoms with van der Waals surface area (Å²) in [5, 5.41) is 6.78. The zero-order valence-corrected chi connectivity index (χ0v) is 19.2. The van der Waals surface area contributed by atoms with Crippen LogP contribution in [0.5, 0.6) is 0 Å². The predicted octanol–water partition coefficient (Wildman–Crippen LogP) is 2.69. The standard InChI is InChI=1S/C26H32N6O/c1-27-26(29-16-22-8-5-9-23(14-22)18-31-13-11-28-20-31)30-17-24-15-25(33)32(19-24)12-10-21-6-3-2-4-7-21/h2-9,11,13-14,20,24H,10,12,15-19H2,1H3,(H2,27,29,30). The first-order valence-corrected chi connectivity index (χ1v) is 11.5. The number of imidazole rings is 1. The number of hydrogen-bond donors (Lipinski definition) is 2. The first-order chi connectivity index (χ1) is 16.2. The number of likely N-dealkylation sites (tertiary alicyclic amines) is 1. The van der Waals surface area contributed by atoms with E-state index in [2.05, 4.69) is 61.6 Å². The van der Waals surface area contributed by atoms with Crippen LogP contribution in [0.3, 0.4) is 0 Å². The molecule has 4 rings (SSSR count). The molecule has 1 amide bonds. The largest absolute Gasteiger partial charge is 0.356 e. The smallest absolute Gasteiger partial charge is 0.223 e. The number of rotatable bonds is 9. The van der Waals surface area contributed by atoms with Crippen molar-refractivity contribution in [1.82, 2.24) is 25.1 Å². The van der Waals surface area contributed by atoms with E-state index in [1.165, 1.54) is 16.7 Å². The maximum atomic E-state index is 12.4. The van der Waals surface area contributed by atoms with Crippen molar-refractivity contribution in [3.8, 4) is 0 Å². The van der Waals surface area contributed by atoms with E-state index < -0.39 is 0 Å². The van der Waals surface area contributed by atoms with Crippen LogP contribution in [0, 0.1) is 5.92 Å². The van der Waals surface area contributed by atoms with Crippen molar-refractivity contribution in [1.29, 1.82) is 0 Å². The summed E-state index contributed by atoms with van der Waals surface area (Å²) in [4.78, 5) is 22.9. The highest BCUT2D eigenvalue weighted by Gasteiger charge is 2.29. The molecule has 0 bridgehead atoms. The number of nitrogens with zero attached hydrogens (tertiary/aromatic N) is 4. The summed E-state index contributed by atoms with van der Waals surface area (Å²) in [6, 6.07) is 18.8. The normalized spacial score (nSPS) is 16.3. The lowest BCUT2D eigenvalue weighted by molar-refractivity contribution is -0.127. The fraction of sp³-hybridized carbons (Fsp3) is 0.346. The summed E-state index contributed by atoms with van der Waals surface area (Å²) >= 11 is 0. The highest BCUT2D eigenvalue weighted by atomic mass is 16.2. The molecule has 1 saturated heterocycles. The monoisotopic (exact) mass is 444 g/mol. The lowest BCUT2D eigenvalue weighted by Crippen LogP contribution is -2.40. The molecule has 1 aromatic heterocycles. The Hall–Kier alpha value is -3.61. The van der Waals surface area contributed by atoms with Crippen molar-refractivity contribution in [2.24, 2.45) is 10.9 Å². The summed E-state index contributed by atoms with van der Waals surface area (Å²) < 4.78 is 2.05. The van der Waals surface area contributed by atoms with Crippen molar-refractivity contribution in [2.75, 3.05) is 26.7 Å². The van der Waals surface area contributed by atoms with Crippen LogP contribution in [0.1, 0.15) is 23.1 Å². The number of amides is 1. The molecule has 0 saturated carbocycles. The van der Waals surface area contributed by atoms with Gasteiger partial charge in [-0.15, -0.1) is 0 Å². The second-order valence-electron chi connectivity index (χ2n) is 8.51. The van der Waals surface area contributed by atoms with Gasteiger partial charge < -0.3 is 20.1 Å². The third-order valence-electron chi connectivity index (χ3n) is 5.97. The Balaban J connectivity index is 1.21. The molecule has 3 aromatic rings. The van der Waals surface area contributed by atoms with Crippen LogP contribution in [0.15, 0.2) is 78.3 Å². The van der Waals surface area contributed by atoms with Gasteiger partial charge in [0.2, 0.25) is 5.91 Å². The van der Waals surface area contributed by atoms with Crippen molar-refractivity contribution >= 4 is 11.9 Å². The van der Waals surface area contributed by atoms with Gasteiger partial charge in [0.25, 0.3) is 0 Å². The Kier molecular flexibility index (Phi) is 7.74. The number of carbonyl (C=O) groups excluding carboxylic acids is 1. The molecule has 7 heteroatoms. The molecule has 0 radical (unpaired) electrons. The molecular weight excluding hydrogens is 412 g/mol. The fourth-order valence-corrected chi connectivity index (χ4v) is 4.19. The number of carbonyl (C=O) groups is 1. The maximum absolute atomic E-state index is 12.4. The Morgan fingerprint density at radius 2 is 1.91 bits per heavy atom. The average molecular weight is 445 g/mol. The van der Waals surface area contributed by atoms with E-state index in [9.17, 15) is 4.79 Å². The highest BCUT2D eigenvalue weighted by Crippen LogP contribution is 2.17. The zero-order chi connectivity index (χ0) is 22.9. The lowest BCUT2D eigenvalue weighted by Gasteiger charge is -2.18. The van der Waals surface area contributed by atoms with Gasteiger partial charge in [0.1, 0.15) is 0 Å². The molecule has 172 valence electrons. The van der Waals surface area contributed by atoms with Crippen LogP contribution in [0.4, 0.5) is 0 Å². The van der Waals surface area contributed by atoms with E-state index in [1.807, 2.05) is 35.6 Å². The minimum Gasteiger partial charge on any atom is -0.356 e. The summed E-state index contributed by atoms with van der Waals surface area (Å²) in [7, 11) is 1.77. The molecule has 0 spiro atoms. The summed E-state index contributed by atoms with van der Waals surface area (Å²) in [5.41, 5.74) is 3.69. The molecule has 1 unspecified atom stereocenters. The van der Waals surface area contributed by atoms with Crippen LogP contribution in [0.25, 0.3) is 0 Å². The molecule has 33 heavy (non-hydrogen) atoms. The first-order valence-electron chi connectivity index (χ1n) is 11.5. The van der Waals surface area contributed by atoms with Crippen LogP contribution >= 0.6 is 0 Å². The van der Waals surface area contributed by atoms with Crippen LogP contribution in [0.2, 0.25) is 0 Å². The van der Waals surface area contributed by atoms with E-state index in [0.29, 0.717) is 18.9 Å². The van der Waals surface area contributed by atoms with Crippen molar-refractivity contribution in [3.05, 3.63) is 90.0 Å². The maximum Gasteiger partial charge on any atom is 0.223 e. The van der Waals surface area contributed by atoms with Gasteiger partial charge in [0.05, 0.1) is 6.33 Å². The topological polar surface area (TPSA) is 74.5 Å². The average Bonchev–Trinajstić information content (AvgIpc) is 3.48. The molecule has 1 atom stereocenters. The third-order valence-corrected chi connectivity index (χ3v) is 5.97. The third kappa shape index (κ3) is 6.68. The molecule has 1 aliphatic heterocycles. The molecule has 2 aromatic carbocycles. The Bertz CT molecular complexity index is 1050. The molecule has 1 aliphatic rings. The molecule has 2 heterocycles. The van der Waals surface area contributed by atoms with Crippen molar-refractivity contribution in [3.63, 3.8) is 0 Å². The number of hydrogen-bond acceptors (Lipinski definition) is 3. The van der Waals surface area contributed by atoms with Crippen LogP contribution < -0.4 is 10.6 Å². The summed E-state index contributed by atoms with van der Waals surface area (Å²) in [5.74, 6) is 1.30. The summed E-state index contributed by atoms with van der Waals surface area (Å²) in [6.07, 6.45) is 7.08. The van der Waals surface area contributed by atoms with Crippen LogP contribution in [-0.4, -0.2) is 53.0 Å². The minimum atomic E-state index is 0.246. The number of nitrogens with one attached hydrogen (secondary N) is 2. The van der Waals surface area contributed by atoms with Gasteiger partial charge in [-0.1, -0.05) is 54.6 Å². The van der Waals surface area contributed by atoms with Crippen LogP contribution in [-0.2, 0) is 24.3 Å². The van der Waals surface area contributed by atoms with Crippen molar-refractivity contribution < 1.29 is 4.79 Å². The van der Waals surface area contributed by atoms with Crippen molar-refractivity contribution in [2.45, 2.75) is 25.9 Å². The van der Waals surface area contributed by atoms with Gasteiger partial charge in [0.15, 0.2) is 5.96 Å². The minimum absolute atomic E-state index is 0.246. The second-order valence-corrected chi connectivity index (χ2v) is 8.51. The Morgan fingerprint density at radius 1 is 1.09 bits per heavy atom. The van der Waals surface area contributed by atoms with Gasteiger partial charge in [-0.05, 0) is 23.1 Å². The van der Waals surface area contributed by atoms with Gasteiger partial charge in [-0.2, -0.15) is 0 Å². The Morgan fingerprint density at radius 3 is 2.70 bits per heavy atom. The van der Waals surface area contributed by atoms with Gasteiger partial charge in [0, 0.05) is 64.5 Å². The predicted molar refractivity (Wildman–Crippen MR) is 131 cm³/mol. The van der Waals surface area contributed by atoms with E-state index in [4.69, 9.17) is 0 Å². The molecule has 0 aliphatic carbocycles. The van der Waals surface area contributed by atoms with E-state index in [-0.39, 0.29) is 5.91 Å². The molecule has 2 N–H and O–H groups in total. The molecular formula is C26H32N6O. The molecule has 7 nitrogen and oxygen atoms in total. The first kappa shape index (κ1) is 22.6. The van der Waals surface area contributed by atoms with Gasteiger partial charge in [-0.3, -0.25) is 9.79 Å². The van der Waals surface area contributed by atoms with Gasteiger partial charge in [-0.25, -0.2) is 4.98 Å². The van der Waals surface area contributed by atoms with E-state index >= 15 is 0 Å². The zero-order valence-electron chi connectivity index (χ0n) is 19.2. The Labute approximate surface area is 195 Å². The van der Waals surface area contributed by atoms with E-state index in [0.717, 1.165) is 38.6 Å².